The van der Waals surface area contributed by atoms with Gasteiger partial charge in [-0.25, -0.2) is 0 Å². The van der Waals surface area contributed by atoms with Crippen LogP contribution in [-0.2, 0) is 0 Å². The second-order valence-corrected chi connectivity index (χ2v) is 3.46. The predicted octanol–water partition coefficient (Wildman–Crippen LogP) is 2.38. The van der Waals surface area contributed by atoms with Crippen molar-refractivity contribution in [2.24, 2.45) is 0 Å². The van der Waals surface area contributed by atoms with Crippen LogP contribution >= 0.6 is 0 Å². The maximum Gasteiger partial charge on any atom is 0.101 e. The lowest BCUT2D eigenvalue weighted by molar-refractivity contribution is 0.792. The molecule has 1 aromatic rings. The van der Waals surface area contributed by atoms with Gasteiger partial charge in [0, 0.05) is 18.8 Å². The summed E-state index contributed by atoms with van der Waals surface area (Å²) in [7, 11) is 0. The lowest BCUT2D eigenvalue weighted by atomic mass is 10.1. The maximum absolute atomic E-state index is 8.76. The Kier molecular flexibility index (Phi) is 3.99. The fourth-order valence-corrected chi connectivity index (χ4v) is 1.59. The van der Waals surface area contributed by atoms with Gasteiger partial charge in [-0.1, -0.05) is 6.92 Å². The highest BCUT2D eigenvalue weighted by Gasteiger charge is 2.05. The summed E-state index contributed by atoms with van der Waals surface area (Å²) in [6.45, 7) is 6.24. The van der Waals surface area contributed by atoms with Gasteiger partial charge in [-0.15, -0.1) is 0 Å². The van der Waals surface area contributed by atoms with E-state index in [1.165, 1.54) is 0 Å². The van der Waals surface area contributed by atoms with Crippen LogP contribution in [0.3, 0.4) is 0 Å². The standard InChI is InChI=1S/C12H17N3/c1-3-7-15(4-2)11-6-5-10(9-13)12(14)8-11/h5-6,8H,3-4,7,14H2,1-2H3. The minimum Gasteiger partial charge on any atom is -0.398 e. The van der Waals surface area contributed by atoms with Gasteiger partial charge in [-0.3, -0.25) is 0 Å². The number of benzene rings is 1. The molecule has 0 saturated heterocycles. The van der Waals surface area contributed by atoms with Crippen molar-refractivity contribution in [3.63, 3.8) is 0 Å². The molecule has 3 nitrogen and oxygen atoms in total. The summed E-state index contributed by atoms with van der Waals surface area (Å²) in [5, 5.41) is 8.76. The van der Waals surface area contributed by atoms with Gasteiger partial charge >= 0.3 is 0 Å². The van der Waals surface area contributed by atoms with E-state index in [-0.39, 0.29) is 0 Å². The zero-order chi connectivity index (χ0) is 11.3. The third-order valence-corrected chi connectivity index (χ3v) is 2.40. The van der Waals surface area contributed by atoms with Gasteiger partial charge in [0.2, 0.25) is 0 Å². The minimum atomic E-state index is 0.548. The first-order valence-electron chi connectivity index (χ1n) is 5.27. The molecule has 15 heavy (non-hydrogen) atoms. The number of nitrogens with two attached hydrogens (primary N) is 1. The van der Waals surface area contributed by atoms with Crippen LogP contribution in [0.15, 0.2) is 18.2 Å². The van der Waals surface area contributed by atoms with Crippen LogP contribution in [-0.4, -0.2) is 13.1 Å². The van der Waals surface area contributed by atoms with E-state index in [9.17, 15) is 0 Å². The van der Waals surface area contributed by atoms with Gasteiger partial charge in [-0.2, -0.15) is 5.26 Å². The molecule has 0 heterocycles. The lowest BCUT2D eigenvalue weighted by Crippen LogP contribution is -2.23. The molecular weight excluding hydrogens is 186 g/mol. The second-order valence-electron chi connectivity index (χ2n) is 3.46. The first kappa shape index (κ1) is 11.4. The SMILES string of the molecule is CCCN(CC)c1ccc(C#N)c(N)c1. The molecule has 2 N–H and O–H groups in total. The zero-order valence-electron chi connectivity index (χ0n) is 9.33. The highest BCUT2D eigenvalue weighted by molar-refractivity contribution is 5.63. The molecule has 0 radical (unpaired) electrons. The van der Waals surface area contributed by atoms with Crippen LogP contribution in [0.2, 0.25) is 0 Å². The van der Waals surface area contributed by atoms with E-state index in [0.29, 0.717) is 11.3 Å². The van der Waals surface area contributed by atoms with Crippen molar-refractivity contribution in [2.75, 3.05) is 23.7 Å². The number of nitrogens with zero attached hydrogens (tertiary/aromatic N) is 2. The molecule has 0 bridgehead atoms. The summed E-state index contributed by atoms with van der Waals surface area (Å²) >= 11 is 0. The van der Waals surface area contributed by atoms with E-state index in [0.717, 1.165) is 25.2 Å². The van der Waals surface area contributed by atoms with E-state index >= 15 is 0 Å². The summed E-state index contributed by atoms with van der Waals surface area (Å²) in [5.74, 6) is 0. The van der Waals surface area contributed by atoms with Gasteiger partial charge in [0.1, 0.15) is 6.07 Å². The van der Waals surface area contributed by atoms with Crippen molar-refractivity contribution in [1.82, 2.24) is 0 Å². The van der Waals surface area contributed by atoms with Crippen molar-refractivity contribution in [3.8, 4) is 6.07 Å². The van der Waals surface area contributed by atoms with Gasteiger partial charge < -0.3 is 10.6 Å². The molecule has 0 spiro atoms. The van der Waals surface area contributed by atoms with Crippen LogP contribution in [0.4, 0.5) is 11.4 Å². The topological polar surface area (TPSA) is 53.0 Å². The molecule has 0 fully saturated rings. The Morgan fingerprint density at radius 3 is 2.60 bits per heavy atom. The Morgan fingerprint density at radius 2 is 2.13 bits per heavy atom. The molecule has 0 saturated carbocycles. The average Bonchev–Trinajstić information content (AvgIpc) is 2.25. The van der Waals surface area contributed by atoms with Crippen molar-refractivity contribution < 1.29 is 0 Å². The molecule has 1 aromatic carbocycles. The third kappa shape index (κ3) is 2.63. The minimum absolute atomic E-state index is 0.548. The number of anilines is 2. The summed E-state index contributed by atoms with van der Waals surface area (Å²) in [6, 6.07) is 7.67. The number of nitrogen functional groups attached to an aromatic ring is 1. The molecule has 1 rings (SSSR count). The Hall–Kier alpha value is -1.69. The third-order valence-electron chi connectivity index (χ3n) is 2.40. The molecule has 0 aliphatic carbocycles. The molecule has 0 amide bonds. The summed E-state index contributed by atoms with van der Waals surface area (Å²) in [5.41, 5.74) is 7.97. The highest BCUT2D eigenvalue weighted by atomic mass is 15.1. The summed E-state index contributed by atoms with van der Waals surface area (Å²) in [6.07, 6.45) is 1.10. The first-order valence-corrected chi connectivity index (χ1v) is 5.27. The van der Waals surface area contributed by atoms with E-state index in [2.05, 4.69) is 24.8 Å². The van der Waals surface area contributed by atoms with Crippen molar-refractivity contribution in [2.45, 2.75) is 20.3 Å². The molecule has 80 valence electrons. The molecule has 0 aliphatic rings. The quantitative estimate of drug-likeness (QED) is 0.764. The van der Waals surface area contributed by atoms with Gasteiger partial charge in [-0.05, 0) is 31.5 Å². The van der Waals surface area contributed by atoms with E-state index in [1.54, 1.807) is 6.07 Å². The largest absolute Gasteiger partial charge is 0.398 e. The van der Waals surface area contributed by atoms with Crippen LogP contribution < -0.4 is 10.6 Å². The lowest BCUT2D eigenvalue weighted by Gasteiger charge is -2.22. The number of nitriles is 1. The van der Waals surface area contributed by atoms with E-state index < -0.39 is 0 Å². The highest BCUT2D eigenvalue weighted by Crippen LogP contribution is 2.20. The van der Waals surface area contributed by atoms with Crippen LogP contribution in [0.5, 0.6) is 0 Å². The average molecular weight is 203 g/mol. The molecule has 0 unspecified atom stereocenters. The van der Waals surface area contributed by atoms with Crippen LogP contribution in [0.25, 0.3) is 0 Å². The molecular formula is C12H17N3. The predicted molar refractivity (Wildman–Crippen MR) is 63.7 cm³/mol. The Labute approximate surface area is 91.1 Å². The number of hydrogen-bond donors (Lipinski definition) is 1. The summed E-state index contributed by atoms with van der Waals surface area (Å²) in [4.78, 5) is 2.25. The number of hydrogen-bond acceptors (Lipinski definition) is 3. The molecule has 0 atom stereocenters. The molecule has 3 heteroatoms. The maximum atomic E-state index is 8.76. The van der Waals surface area contributed by atoms with Gasteiger partial charge in [0.25, 0.3) is 0 Å². The Morgan fingerprint density at radius 1 is 1.40 bits per heavy atom. The normalized spacial score (nSPS) is 9.67. The first-order chi connectivity index (χ1) is 7.22. The summed E-state index contributed by atoms with van der Waals surface area (Å²) < 4.78 is 0. The zero-order valence-corrected chi connectivity index (χ0v) is 9.33. The Balaban J connectivity index is 2.95. The molecule has 0 aliphatic heterocycles. The second kappa shape index (κ2) is 5.26. The number of rotatable bonds is 4. The molecule has 0 aromatic heterocycles. The van der Waals surface area contributed by atoms with Crippen molar-refractivity contribution in [3.05, 3.63) is 23.8 Å². The Bertz CT molecular complexity index is 366. The van der Waals surface area contributed by atoms with Crippen molar-refractivity contribution >= 4 is 11.4 Å². The monoisotopic (exact) mass is 203 g/mol. The van der Waals surface area contributed by atoms with E-state index in [1.807, 2.05) is 12.1 Å². The van der Waals surface area contributed by atoms with Gasteiger partial charge in [0.05, 0.1) is 11.3 Å². The fraction of sp³-hybridized carbons (Fsp3) is 0.417. The smallest absolute Gasteiger partial charge is 0.101 e. The fourth-order valence-electron chi connectivity index (χ4n) is 1.59. The van der Waals surface area contributed by atoms with Gasteiger partial charge in [0.15, 0.2) is 0 Å². The van der Waals surface area contributed by atoms with E-state index in [4.69, 9.17) is 11.0 Å². The van der Waals surface area contributed by atoms with Crippen LogP contribution in [0, 0.1) is 11.3 Å². The van der Waals surface area contributed by atoms with Crippen LogP contribution in [0.1, 0.15) is 25.8 Å². The van der Waals surface area contributed by atoms with Crippen molar-refractivity contribution in [1.29, 1.82) is 5.26 Å².